The van der Waals surface area contributed by atoms with Crippen molar-refractivity contribution in [1.29, 1.82) is 0 Å². The Labute approximate surface area is 97.7 Å². The fourth-order valence-corrected chi connectivity index (χ4v) is 2.35. The van der Waals surface area contributed by atoms with Gasteiger partial charge in [-0.15, -0.1) is 11.6 Å². The molecule has 0 radical (unpaired) electrons. The van der Waals surface area contributed by atoms with Gasteiger partial charge in [0.2, 0.25) is 0 Å². The summed E-state index contributed by atoms with van der Waals surface area (Å²) < 4.78 is -1.37. The first-order chi connectivity index (χ1) is 5.66. The Kier molecular flexibility index (Phi) is 3.15. The van der Waals surface area contributed by atoms with Gasteiger partial charge in [-0.3, -0.25) is 4.79 Å². The summed E-state index contributed by atoms with van der Waals surface area (Å²) in [5.74, 6) is -0.250. The van der Waals surface area contributed by atoms with E-state index in [9.17, 15) is 4.79 Å². The first-order valence-corrected chi connectivity index (χ1v) is 5.48. The maximum atomic E-state index is 11.3. The second-order valence-electron chi connectivity index (χ2n) is 3.96. The van der Waals surface area contributed by atoms with Crippen LogP contribution in [0.15, 0.2) is 0 Å². The first kappa shape index (κ1) is 11.9. The Balaban J connectivity index is 2.68. The third-order valence-electron chi connectivity index (χ3n) is 2.58. The van der Waals surface area contributed by atoms with Gasteiger partial charge in [-0.1, -0.05) is 48.7 Å². The molecule has 2 atom stereocenters. The lowest BCUT2D eigenvalue weighted by Crippen LogP contribution is -2.56. The molecular weight excluding hydrogens is 254 g/mol. The zero-order valence-electron chi connectivity index (χ0n) is 7.28. The number of ketones is 1. The van der Waals surface area contributed by atoms with E-state index < -0.39 is 9.17 Å². The van der Waals surface area contributed by atoms with E-state index in [4.69, 9.17) is 46.4 Å². The summed E-state index contributed by atoms with van der Waals surface area (Å²) in [7, 11) is 0. The molecule has 76 valence electrons. The lowest BCUT2D eigenvalue weighted by atomic mass is 9.60. The van der Waals surface area contributed by atoms with Crippen molar-refractivity contribution >= 4 is 52.2 Å². The van der Waals surface area contributed by atoms with Gasteiger partial charge in [0.25, 0.3) is 0 Å². The summed E-state index contributed by atoms with van der Waals surface area (Å²) in [4.78, 5) is 11.3. The van der Waals surface area contributed by atoms with Crippen molar-refractivity contribution < 1.29 is 4.79 Å². The number of carbonyl (C=O) groups is 1. The monoisotopic (exact) mass is 262 g/mol. The molecule has 0 spiro atoms. The lowest BCUT2D eigenvalue weighted by molar-refractivity contribution is -0.139. The molecule has 0 heterocycles. The Morgan fingerprint density at radius 1 is 1.38 bits per heavy atom. The van der Waals surface area contributed by atoms with E-state index in [1.165, 1.54) is 0 Å². The second-order valence-corrected chi connectivity index (χ2v) is 6.91. The van der Waals surface area contributed by atoms with Gasteiger partial charge in [0.1, 0.15) is 0 Å². The number of hydrogen-bond acceptors (Lipinski definition) is 1. The predicted octanol–water partition coefficient (Wildman–Crippen LogP) is 3.58. The van der Waals surface area contributed by atoms with Gasteiger partial charge < -0.3 is 0 Å². The van der Waals surface area contributed by atoms with Crippen molar-refractivity contribution in [3.8, 4) is 0 Å². The predicted molar refractivity (Wildman–Crippen MR) is 56.8 cm³/mol. The van der Waals surface area contributed by atoms with Gasteiger partial charge in [0.05, 0.1) is 5.38 Å². The molecule has 1 fully saturated rings. The lowest BCUT2D eigenvalue weighted by Gasteiger charge is -2.48. The van der Waals surface area contributed by atoms with Crippen LogP contribution in [0.25, 0.3) is 0 Å². The van der Waals surface area contributed by atoms with Crippen molar-refractivity contribution in [1.82, 2.24) is 0 Å². The number of Topliss-reactive ketones (excluding diaryl/α,β-unsaturated/α-hetero) is 1. The summed E-state index contributed by atoms with van der Waals surface area (Å²) in [5.41, 5.74) is -0.261. The SMILES string of the molecule is CC1(C)[C@H](Cl)C(=O)[C@H]1CC(Cl)(Cl)Cl. The molecule has 5 heteroatoms. The second kappa shape index (κ2) is 3.44. The van der Waals surface area contributed by atoms with Gasteiger partial charge in [-0.05, 0) is 5.41 Å². The molecule has 0 amide bonds. The zero-order valence-corrected chi connectivity index (χ0v) is 10.3. The molecule has 0 bridgehead atoms. The van der Waals surface area contributed by atoms with Crippen molar-refractivity contribution in [3.63, 3.8) is 0 Å². The van der Waals surface area contributed by atoms with E-state index in [2.05, 4.69) is 0 Å². The minimum atomic E-state index is -1.37. The fourth-order valence-electron chi connectivity index (χ4n) is 1.59. The van der Waals surface area contributed by atoms with E-state index in [1.807, 2.05) is 13.8 Å². The highest BCUT2D eigenvalue weighted by atomic mass is 35.6. The van der Waals surface area contributed by atoms with Gasteiger partial charge >= 0.3 is 0 Å². The van der Waals surface area contributed by atoms with Crippen molar-refractivity contribution in [2.24, 2.45) is 11.3 Å². The van der Waals surface area contributed by atoms with E-state index >= 15 is 0 Å². The number of halogens is 4. The summed E-state index contributed by atoms with van der Waals surface area (Å²) in [6, 6.07) is 0. The zero-order chi connectivity index (χ0) is 10.4. The third kappa shape index (κ3) is 2.26. The standard InChI is InChI=1S/C8H10Cl4O/c1-7(2)4(3-8(10,11)12)5(13)6(7)9/h4,6H,3H2,1-2H3/t4-,6-/m1/s1. The summed E-state index contributed by atoms with van der Waals surface area (Å²) in [5, 5.41) is -0.440. The molecule has 0 aromatic heterocycles. The summed E-state index contributed by atoms with van der Waals surface area (Å²) in [6.07, 6.45) is 0.243. The van der Waals surface area contributed by atoms with Gasteiger partial charge in [0.15, 0.2) is 9.58 Å². The molecule has 1 saturated carbocycles. The van der Waals surface area contributed by atoms with Crippen molar-refractivity contribution in [3.05, 3.63) is 0 Å². The number of carbonyl (C=O) groups excluding carboxylic acids is 1. The number of hydrogen-bond donors (Lipinski definition) is 0. The molecule has 0 unspecified atom stereocenters. The van der Waals surface area contributed by atoms with Crippen LogP contribution in [0.3, 0.4) is 0 Å². The normalized spacial score (nSPS) is 32.9. The van der Waals surface area contributed by atoms with Crippen LogP contribution in [0.2, 0.25) is 0 Å². The minimum absolute atomic E-state index is 0.0157. The fraction of sp³-hybridized carbons (Fsp3) is 0.875. The summed E-state index contributed by atoms with van der Waals surface area (Å²) in [6.45, 7) is 3.82. The molecule has 1 rings (SSSR count). The van der Waals surface area contributed by atoms with Crippen LogP contribution < -0.4 is 0 Å². The molecule has 0 aromatic carbocycles. The average molecular weight is 264 g/mol. The maximum Gasteiger partial charge on any atom is 0.191 e. The van der Waals surface area contributed by atoms with Crippen LogP contribution in [0, 0.1) is 11.3 Å². The van der Waals surface area contributed by atoms with Crippen LogP contribution in [0.1, 0.15) is 20.3 Å². The molecule has 0 aliphatic heterocycles. The van der Waals surface area contributed by atoms with Crippen LogP contribution in [-0.4, -0.2) is 15.0 Å². The van der Waals surface area contributed by atoms with Crippen LogP contribution in [-0.2, 0) is 4.79 Å². The summed E-state index contributed by atoms with van der Waals surface area (Å²) >= 11 is 22.7. The number of alkyl halides is 4. The van der Waals surface area contributed by atoms with Crippen molar-refractivity contribution in [2.75, 3.05) is 0 Å². The maximum absolute atomic E-state index is 11.3. The highest BCUT2D eigenvalue weighted by Crippen LogP contribution is 2.52. The largest absolute Gasteiger partial charge is 0.298 e. The topological polar surface area (TPSA) is 17.1 Å². The van der Waals surface area contributed by atoms with Gasteiger partial charge in [0, 0.05) is 12.3 Å². The molecule has 1 aliphatic rings. The Hall–Kier alpha value is 0.830. The third-order valence-corrected chi connectivity index (χ3v) is 3.82. The molecule has 1 aliphatic carbocycles. The Morgan fingerprint density at radius 2 is 1.85 bits per heavy atom. The molecular formula is C8H10Cl4O. The number of rotatable bonds is 1. The molecule has 13 heavy (non-hydrogen) atoms. The highest BCUT2D eigenvalue weighted by molar-refractivity contribution is 6.67. The van der Waals surface area contributed by atoms with Gasteiger partial charge in [-0.25, -0.2) is 0 Å². The molecule has 1 nitrogen and oxygen atoms in total. The van der Waals surface area contributed by atoms with E-state index in [1.54, 1.807) is 0 Å². The van der Waals surface area contributed by atoms with Crippen LogP contribution in [0.5, 0.6) is 0 Å². The smallest absolute Gasteiger partial charge is 0.191 e. The molecule has 0 saturated heterocycles. The Morgan fingerprint density at radius 3 is 2.15 bits per heavy atom. The van der Waals surface area contributed by atoms with E-state index in [0.29, 0.717) is 0 Å². The van der Waals surface area contributed by atoms with E-state index in [-0.39, 0.29) is 23.5 Å². The minimum Gasteiger partial charge on any atom is -0.298 e. The average Bonchev–Trinajstić information content (AvgIpc) is 1.96. The van der Waals surface area contributed by atoms with Crippen molar-refractivity contribution in [2.45, 2.75) is 29.4 Å². The van der Waals surface area contributed by atoms with Crippen LogP contribution in [0.4, 0.5) is 0 Å². The van der Waals surface area contributed by atoms with E-state index in [0.717, 1.165) is 0 Å². The van der Waals surface area contributed by atoms with Gasteiger partial charge in [-0.2, -0.15) is 0 Å². The van der Waals surface area contributed by atoms with Crippen LogP contribution >= 0.6 is 46.4 Å². The Bertz CT molecular complexity index is 231. The molecule has 0 aromatic rings. The first-order valence-electron chi connectivity index (χ1n) is 3.91. The highest BCUT2D eigenvalue weighted by Gasteiger charge is 2.56. The quantitative estimate of drug-likeness (QED) is 0.661. The molecule has 0 N–H and O–H groups in total.